The minimum absolute atomic E-state index is 0.0775. The van der Waals surface area contributed by atoms with Gasteiger partial charge in [0.05, 0.1) is 4.91 Å². The molecule has 0 bridgehead atoms. The average Bonchev–Trinajstić information content (AvgIpc) is 2.45. The van der Waals surface area contributed by atoms with Crippen molar-refractivity contribution in [2.45, 2.75) is 6.42 Å². The van der Waals surface area contributed by atoms with Crippen LogP contribution in [0.15, 0.2) is 29.2 Å². The van der Waals surface area contributed by atoms with Gasteiger partial charge >= 0.3 is 0 Å². The number of hydrogen-bond acceptors (Lipinski definition) is 2. The minimum atomic E-state index is -4.01. The van der Waals surface area contributed by atoms with Crippen LogP contribution in [0.2, 0.25) is 0 Å². The van der Waals surface area contributed by atoms with Crippen molar-refractivity contribution in [3.05, 3.63) is 40.3 Å². The second-order valence-corrected chi connectivity index (χ2v) is 4.44. The van der Waals surface area contributed by atoms with Crippen LogP contribution in [-0.2, 0) is 16.5 Å². The lowest BCUT2D eigenvalue weighted by atomic mass is 10.1. The molecule has 4 heteroatoms. The molecule has 0 atom stereocenters. The maximum atomic E-state index is 10.8. The van der Waals surface area contributed by atoms with E-state index in [1.54, 1.807) is 0 Å². The van der Waals surface area contributed by atoms with Crippen molar-refractivity contribution in [3.63, 3.8) is 0 Å². The quantitative estimate of drug-likeness (QED) is 0.692. The third kappa shape index (κ3) is 1.50. The zero-order valence-corrected chi connectivity index (χ0v) is 7.58. The van der Waals surface area contributed by atoms with E-state index >= 15 is 0 Å². The Bertz CT molecular complexity index is 471. The van der Waals surface area contributed by atoms with Crippen molar-refractivity contribution < 1.29 is 13.0 Å². The predicted molar refractivity (Wildman–Crippen MR) is 49.7 cm³/mol. The first-order valence-corrected chi connectivity index (χ1v) is 5.27. The molecule has 0 spiro atoms. The monoisotopic (exact) mass is 196 g/mol. The van der Waals surface area contributed by atoms with Gasteiger partial charge in [-0.15, -0.1) is 0 Å². The van der Waals surface area contributed by atoms with Gasteiger partial charge in [0.15, 0.2) is 0 Å². The van der Waals surface area contributed by atoms with Crippen molar-refractivity contribution >= 4 is 16.2 Å². The average molecular weight is 196 g/mol. The molecule has 3 nitrogen and oxygen atoms in total. The lowest BCUT2D eigenvalue weighted by molar-refractivity contribution is 0.490. The van der Waals surface area contributed by atoms with Crippen LogP contribution in [0.3, 0.4) is 0 Å². The molecule has 13 heavy (non-hydrogen) atoms. The SMILES string of the molecule is O=S(=O)(O)C1=Cc2ccccc2C1. The number of fused-ring (bicyclic) bond motifs is 1. The second-order valence-electron chi connectivity index (χ2n) is 2.96. The topological polar surface area (TPSA) is 54.4 Å². The van der Waals surface area contributed by atoms with Gasteiger partial charge in [0.25, 0.3) is 10.1 Å². The van der Waals surface area contributed by atoms with E-state index in [0.717, 1.165) is 11.1 Å². The van der Waals surface area contributed by atoms with Crippen molar-refractivity contribution in [2.24, 2.45) is 0 Å². The number of rotatable bonds is 1. The maximum Gasteiger partial charge on any atom is 0.290 e. The first-order chi connectivity index (χ1) is 6.07. The molecular weight excluding hydrogens is 188 g/mol. The summed E-state index contributed by atoms with van der Waals surface area (Å²) in [5.41, 5.74) is 1.81. The van der Waals surface area contributed by atoms with Crippen molar-refractivity contribution in [3.8, 4) is 0 Å². The van der Waals surface area contributed by atoms with Crippen LogP contribution in [0.5, 0.6) is 0 Å². The normalized spacial score (nSPS) is 15.3. The molecule has 0 fully saturated rings. The Balaban J connectivity index is 2.48. The highest BCUT2D eigenvalue weighted by Gasteiger charge is 2.20. The molecule has 0 aliphatic heterocycles. The summed E-state index contributed by atoms with van der Waals surface area (Å²) in [6.07, 6.45) is 1.81. The largest absolute Gasteiger partial charge is 0.290 e. The van der Waals surface area contributed by atoms with E-state index in [4.69, 9.17) is 4.55 Å². The smallest absolute Gasteiger partial charge is 0.282 e. The second kappa shape index (κ2) is 2.68. The van der Waals surface area contributed by atoms with Crippen LogP contribution in [0.4, 0.5) is 0 Å². The highest BCUT2D eigenvalue weighted by atomic mass is 32.2. The zero-order valence-electron chi connectivity index (χ0n) is 6.77. The Morgan fingerprint density at radius 1 is 1.23 bits per heavy atom. The van der Waals surface area contributed by atoms with Crippen LogP contribution in [-0.4, -0.2) is 13.0 Å². The van der Waals surface area contributed by atoms with E-state index < -0.39 is 10.1 Å². The third-order valence-electron chi connectivity index (χ3n) is 2.07. The fourth-order valence-electron chi connectivity index (χ4n) is 1.41. The molecule has 1 aromatic rings. The molecule has 1 aliphatic carbocycles. The van der Waals surface area contributed by atoms with Crippen LogP contribution in [0, 0.1) is 0 Å². The molecule has 0 saturated heterocycles. The summed E-state index contributed by atoms with van der Waals surface area (Å²) in [6.45, 7) is 0. The molecule has 0 saturated carbocycles. The Hall–Kier alpha value is -1.13. The van der Waals surface area contributed by atoms with Crippen molar-refractivity contribution in [1.29, 1.82) is 0 Å². The summed E-state index contributed by atoms with van der Waals surface area (Å²) in [6, 6.07) is 7.36. The molecule has 1 aromatic carbocycles. The molecule has 0 unspecified atom stereocenters. The van der Waals surface area contributed by atoms with E-state index in [0.29, 0.717) is 6.42 Å². The molecule has 0 aromatic heterocycles. The molecule has 0 heterocycles. The van der Waals surface area contributed by atoms with E-state index in [9.17, 15) is 8.42 Å². The fraction of sp³-hybridized carbons (Fsp3) is 0.111. The van der Waals surface area contributed by atoms with Gasteiger partial charge in [-0.2, -0.15) is 8.42 Å². The highest BCUT2D eigenvalue weighted by molar-refractivity contribution is 7.90. The summed E-state index contributed by atoms with van der Waals surface area (Å²) in [7, 11) is -4.01. The fourth-order valence-corrected chi connectivity index (χ4v) is 2.03. The molecular formula is C9H8O3S. The Morgan fingerprint density at radius 2 is 1.92 bits per heavy atom. The highest BCUT2D eigenvalue weighted by Crippen LogP contribution is 2.26. The molecule has 1 aliphatic rings. The van der Waals surface area contributed by atoms with Crippen LogP contribution in [0.1, 0.15) is 11.1 Å². The summed E-state index contributed by atoms with van der Waals surface area (Å²) in [4.78, 5) is 0.0775. The van der Waals surface area contributed by atoms with Gasteiger partial charge in [0, 0.05) is 6.42 Å². The number of allylic oxidation sites excluding steroid dienone is 1. The molecule has 0 amide bonds. The first kappa shape index (κ1) is 8.47. The summed E-state index contributed by atoms with van der Waals surface area (Å²) in [5.74, 6) is 0. The maximum absolute atomic E-state index is 10.8. The lowest BCUT2D eigenvalue weighted by Crippen LogP contribution is -2.00. The van der Waals surface area contributed by atoms with E-state index in [1.165, 1.54) is 6.08 Å². The minimum Gasteiger partial charge on any atom is -0.282 e. The van der Waals surface area contributed by atoms with E-state index in [2.05, 4.69) is 0 Å². The van der Waals surface area contributed by atoms with Gasteiger partial charge in [-0.05, 0) is 17.2 Å². The van der Waals surface area contributed by atoms with Crippen LogP contribution >= 0.6 is 0 Å². The van der Waals surface area contributed by atoms with Crippen LogP contribution < -0.4 is 0 Å². The third-order valence-corrected chi connectivity index (χ3v) is 2.99. The van der Waals surface area contributed by atoms with Gasteiger partial charge in [0.2, 0.25) is 0 Å². The zero-order chi connectivity index (χ0) is 9.47. The Labute approximate surface area is 76.5 Å². The Morgan fingerprint density at radius 3 is 2.54 bits per heavy atom. The van der Waals surface area contributed by atoms with Gasteiger partial charge in [-0.3, -0.25) is 4.55 Å². The Kier molecular flexibility index (Phi) is 1.75. The molecule has 1 N–H and O–H groups in total. The van der Waals surface area contributed by atoms with E-state index in [1.807, 2.05) is 24.3 Å². The van der Waals surface area contributed by atoms with E-state index in [-0.39, 0.29) is 4.91 Å². The summed E-state index contributed by atoms with van der Waals surface area (Å²) < 4.78 is 30.4. The van der Waals surface area contributed by atoms with Gasteiger partial charge in [-0.1, -0.05) is 24.3 Å². The van der Waals surface area contributed by atoms with Crippen molar-refractivity contribution in [2.75, 3.05) is 0 Å². The predicted octanol–water partition coefficient (Wildman–Crippen LogP) is 1.47. The number of benzene rings is 1. The molecule has 2 rings (SSSR count). The van der Waals surface area contributed by atoms with Gasteiger partial charge in [0.1, 0.15) is 0 Å². The summed E-state index contributed by atoms with van der Waals surface area (Å²) >= 11 is 0. The number of hydrogen-bond donors (Lipinski definition) is 1. The van der Waals surface area contributed by atoms with Gasteiger partial charge in [-0.25, -0.2) is 0 Å². The van der Waals surface area contributed by atoms with Crippen molar-refractivity contribution in [1.82, 2.24) is 0 Å². The summed E-state index contributed by atoms with van der Waals surface area (Å²) in [5, 5.41) is 0. The van der Waals surface area contributed by atoms with Crippen LogP contribution in [0.25, 0.3) is 6.08 Å². The molecule has 0 radical (unpaired) electrons. The first-order valence-electron chi connectivity index (χ1n) is 3.83. The lowest BCUT2D eigenvalue weighted by Gasteiger charge is -1.95. The molecule has 68 valence electrons. The van der Waals surface area contributed by atoms with Gasteiger partial charge < -0.3 is 0 Å². The standard InChI is InChI=1S/C9H8O3S/c10-13(11,12)9-5-7-3-1-2-4-8(7)6-9/h1-5H,6H2,(H,10,11,12).